The van der Waals surface area contributed by atoms with Gasteiger partial charge in [0.15, 0.2) is 11.2 Å². The number of hydrogen-bond acceptors (Lipinski definition) is 6. The summed E-state index contributed by atoms with van der Waals surface area (Å²) in [5.41, 5.74) is 1.42. The smallest absolute Gasteiger partial charge is 0.323 e. The molecule has 37 heavy (non-hydrogen) atoms. The maximum atomic E-state index is 13.5. The van der Waals surface area contributed by atoms with Crippen molar-refractivity contribution in [1.29, 1.82) is 0 Å². The Morgan fingerprint density at radius 1 is 0.784 bits per heavy atom. The molecule has 0 spiro atoms. The van der Waals surface area contributed by atoms with Crippen LogP contribution in [-0.2, 0) is 30.3 Å². The number of ether oxygens (including phenoxy) is 2. The molecule has 0 bridgehead atoms. The Kier molecular flexibility index (Phi) is 7.82. The zero-order valence-electron chi connectivity index (χ0n) is 20.9. The third-order valence-corrected chi connectivity index (χ3v) is 6.57. The molecule has 1 atom stereocenters. The van der Waals surface area contributed by atoms with E-state index in [0.717, 1.165) is 11.1 Å². The Hall–Kier alpha value is -4.26. The minimum Gasteiger partial charge on any atom is -0.465 e. The summed E-state index contributed by atoms with van der Waals surface area (Å²) < 4.78 is 10.6. The van der Waals surface area contributed by atoms with Crippen LogP contribution in [0.25, 0.3) is 0 Å². The Morgan fingerprint density at radius 2 is 1.35 bits per heavy atom. The average molecular weight is 500 g/mol. The van der Waals surface area contributed by atoms with Crippen LogP contribution in [0.1, 0.15) is 53.2 Å². The minimum absolute atomic E-state index is 0.0713. The van der Waals surface area contributed by atoms with Gasteiger partial charge in [-0.1, -0.05) is 54.6 Å². The highest BCUT2D eigenvalue weighted by atomic mass is 16.6. The number of benzene rings is 3. The molecule has 0 fully saturated rings. The van der Waals surface area contributed by atoms with Gasteiger partial charge in [0, 0.05) is 16.8 Å². The Bertz CT molecular complexity index is 1280. The maximum absolute atomic E-state index is 13.5. The molecule has 1 unspecified atom stereocenters. The van der Waals surface area contributed by atoms with E-state index in [1.165, 1.54) is 0 Å². The molecule has 4 rings (SSSR count). The van der Waals surface area contributed by atoms with E-state index in [4.69, 9.17) is 9.47 Å². The van der Waals surface area contributed by atoms with E-state index >= 15 is 0 Å². The molecule has 0 saturated carbocycles. The second kappa shape index (κ2) is 11.2. The standard InChI is InChI=1S/C30H29NO6/c1-3-36-28(34)30(29(35)37-4-2)18-22-12-8-9-13-24(22)25(19-30)27(33)31-23-16-14-21(15-17-23)26(32)20-10-6-5-7-11-20/h5-17,25H,3-4,18-19H2,1-2H3,(H,31,33). The largest absolute Gasteiger partial charge is 0.465 e. The lowest BCUT2D eigenvalue weighted by Crippen LogP contribution is -2.48. The summed E-state index contributed by atoms with van der Waals surface area (Å²) in [5.74, 6) is -2.65. The SMILES string of the molecule is CCOC(=O)C1(C(=O)OCC)Cc2ccccc2C(C(=O)Nc2ccc(C(=O)c3ccccc3)cc2)C1. The van der Waals surface area contributed by atoms with Crippen LogP contribution in [0.5, 0.6) is 0 Å². The van der Waals surface area contributed by atoms with Crippen LogP contribution in [0.2, 0.25) is 0 Å². The number of hydrogen-bond donors (Lipinski definition) is 1. The van der Waals surface area contributed by atoms with Crippen LogP contribution >= 0.6 is 0 Å². The van der Waals surface area contributed by atoms with E-state index in [1.807, 2.05) is 30.3 Å². The van der Waals surface area contributed by atoms with E-state index in [9.17, 15) is 19.2 Å². The van der Waals surface area contributed by atoms with Crippen molar-refractivity contribution in [2.75, 3.05) is 18.5 Å². The van der Waals surface area contributed by atoms with Gasteiger partial charge in [-0.05, 0) is 62.1 Å². The third kappa shape index (κ3) is 5.31. The van der Waals surface area contributed by atoms with Crippen molar-refractivity contribution >= 4 is 29.3 Å². The molecule has 0 heterocycles. The highest BCUT2D eigenvalue weighted by Crippen LogP contribution is 2.45. The van der Waals surface area contributed by atoms with E-state index in [2.05, 4.69) is 5.32 Å². The molecule has 1 amide bonds. The Labute approximate surface area is 215 Å². The zero-order chi connectivity index (χ0) is 26.4. The van der Waals surface area contributed by atoms with Gasteiger partial charge in [-0.2, -0.15) is 0 Å². The fourth-order valence-corrected chi connectivity index (χ4v) is 4.75. The van der Waals surface area contributed by atoms with Gasteiger partial charge in [-0.15, -0.1) is 0 Å². The van der Waals surface area contributed by atoms with E-state index < -0.39 is 23.3 Å². The number of rotatable bonds is 8. The fourth-order valence-electron chi connectivity index (χ4n) is 4.75. The summed E-state index contributed by atoms with van der Waals surface area (Å²) in [6.45, 7) is 3.55. The Balaban J connectivity index is 1.61. The summed E-state index contributed by atoms with van der Waals surface area (Å²) in [7, 11) is 0. The van der Waals surface area contributed by atoms with Crippen LogP contribution < -0.4 is 5.32 Å². The van der Waals surface area contributed by atoms with Crippen LogP contribution in [-0.4, -0.2) is 36.8 Å². The molecule has 0 radical (unpaired) electrons. The van der Waals surface area contributed by atoms with Crippen LogP contribution in [0.15, 0.2) is 78.9 Å². The lowest BCUT2D eigenvalue weighted by atomic mass is 9.66. The monoisotopic (exact) mass is 499 g/mol. The summed E-state index contributed by atoms with van der Waals surface area (Å²) in [6.07, 6.45) is 0.0268. The fraction of sp³-hybridized carbons (Fsp3) is 0.267. The lowest BCUT2D eigenvalue weighted by Gasteiger charge is -2.37. The predicted octanol–water partition coefficient (Wildman–Crippen LogP) is 4.70. The minimum atomic E-state index is -1.62. The first-order chi connectivity index (χ1) is 17.9. The second-order valence-corrected chi connectivity index (χ2v) is 8.92. The first-order valence-corrected chi connectivity index (χ1v) is 12.3. The number of nitrogens with one attached hydrogen (secondary N) is 1. The summed E-state index contributed by atoms with van der Waals surface area (Å²) in [6, 6.07) is 22.9. The van der Waals surface area contributed by atoms with Gasteiger partial charge in [-0.25, -0.2) is 0 Å². The average Bonchev–Trinajstić information content (AvgIpc) is 2.93. The predicted molar refractivity (Wildman–Crippen MR) is 138 cm³/mol. The number of carbonyl (C=O) groups is 4. The Morgan fingerprint density at radius 3 is 1.97 bits per heavy atom. The zero-order valence-corrected chi connectivity index (χ0v) is 20.9. The summed E-state index contributed by atoms with van der Waals surface area (Å²) in [5, 5.41) is 2.88. The van der Waals surface area contributed by atoms with Gasteiger partial charge in [-0.3, -0.25) is 19.2 Å². The summed E-state index contributed by atoms with van der Waals surface area (Å²) in [4.78, 5) is 52.4. The number of carbonyl (C=O) groups excluding carboxylic acids is 4. The first kappa shape index (κ1) is 25.8. The van der Waals surface area contributed by atoms with Crippen molar-refractivity contribution in [3.63, 3.8) is 0 Å². The quantitative estimate of drug-likeness (QED) is 0.274. The van der Waals surface area contributed by atoms with E-state index in [0.29, 0.717) is 16.8 Å². The lowest BCUT2D eigenvalue weighted by molar-refractivity contribution is -0.173. The molecule has 3 aromatic rings. The van der Waals surface area contributed by atoms with Crippen molar-refractivity contribution in [2.45, 2.75) is 32.6 Å². The normalized spacial score (nSPS) is 15.7. The molecular formula is C30H29NO6. The van der Waals surface area contributed by atoms with Gasteiger partial charge in [0.1, 0.15) is 0 Å². The third-order valence-electron chi connectivity index (χ3n) is 6.57. The van der Waals surface area contributed by atoms with Gasteiger partial charge in [0.25, 0.3) is 0 Å². The maximum Gasteiger partial charge on any atom is 0.323 e. The highest BCUT2D eigenvalue weighted by molar-refractivity contribution is 6.09. The van der Waals surface area contributed by atoms with Gasteiger partial charge in [0.05, 0.1) is 19.1 Å². The van der Waals surface area contributed by atoms with Crippen molar-refractivity contribution in [1.82, 2.24) is 0 Å². The molecule has 7 heteroatoms. The van der Waals surface area contributed by atoms with Crippen molar-refractivity contribution < 1.29 is 28.7 Å². The van der Waals surface area contributed by atoms with Crippen molar-refractivity contribution in [3.8, 4) is 0 Å². The molecule has 0 aromatic heterocycles. The van der Waals surface area contributed by atoms with Crippen LogP contribution in [0.3, 0.4) is 0 Å². The molecule has 7 nitrogen and oxygen atoms in total. The number of fused-ring (bicyclic) bond motifs is 1. The number of anilines is 1. The molecule has 0 saturated heterocycles. The second-order valence-electron chi connectivity index (χ2n) is 8.92. The molecule has 1 aliphatic carbocycles. The van der Waals surface area contributed by atoms with E-state index in [1.54, 1.807) is 62.4 Å². The van der Waals surface area contributed by atoms with Gasteiger partial charge < -0.3 is 14.8 Å². The molecule has 1 aliphatic rings. The van der Waals surface area contributed by atoms with Gasteiger partial charge in [0.2, 0.25) is 5.91 Å². The molecular weight excluding hydrogens is 470 g/mol. The molecule has 3 aromatic carbocycles. The number of esters is 2. The highest BCUT2D eigenvalue weighted by Gasteiger charge is 2.54. The van der Waals surface area contributed by atoms with Gasteiger partial charge >= 0.3 is 11.9 Å². The molecule has 1 N–H and O–H groups in total. The van der Waals surface area contributed by atoms with Crippen LogP contribution in [0.4, 0.5) is 5.69 Å². The van der Waals surface area contributed by atoms with E-state index in [-0.39, 0.29) is 37.7 Å². The van der Waals surface area contributed by atoms with Crippen molar-refractivity contribution in [3.05, 3.63) is 101 Å². The first-order valence-electron chi connectivity index (χ1n) is 12.3. The topological polar surface area (TPSA) is 98.8 Å². The van der Waals surface area contributed by atoms with Crippen molar-refractivity contribution in [2.24, 2.45) is 5.41 Å². The molecule has 190 valence electrons. The van der Waals surface area contributed by atoms with Crippen LogP contribution in [0, 0.1) is 5.41 Å². The number of amides is 1. The number of ketones is 1. The molecule has 0 aliphatic heterocycles. The summed E-state index contributed by atoms with van der Waals surface area (Å²) >= 11 is 0.